The van der Waals surface area contributed by atoms with Crippen LogP contribution in [0.15, 0.2) is 0 Å². The average molecular weight is 254 g/mol. The molecular formula is C12H18N2O4. The van der Waals surface area contributed by atoms with Crippen LogP contribution in [0.25, 0.3) is 0 Å². The predicted molar refractivity (Wildman–Crippen MR) is 62.6 cm³/mol. The molecule has 18 heavy (non-hydrogen) atoms. The second kappa shape index (κ2) is 6.36. The lowest BCUT2D eigenvalue weighted by Gasteiger charge is -2.28. The summed E-state index contributed by atoms with van der Waals surface area (Å²) < 4.78 is 5.22. The molecule has 1 amide bonds. The van der Waals surface area contributed by atoms with E-state index in [9.17, 15) is 9.59 Å². The van der Waals surface area contributed by atoms with E-state index in [0.29, 0.717) is 19.4 Å². The van der Waals surface area contributed by atoms with Crippen molar-refractivity contribution >= 4 is 11.9 Å². The van der Waals surface area contributed by atoms with E-state index in [-0.39, 0.29) is 18.4 Å². The number of amides is 1. The predicted octanol–water partition coefficient (Wildman–Crippen LogP) is 0.769. The van der Waals surface area contributed by atoms with E-state index in [1.807, 2.05) is 19.9 Å². The molecule has 0 aromatic carbocycles. The maximum absolute atomic E-state index is 12.2. The monoisotopic (exact) mass is 254 g/mol. The van der Waals surface area contributed by atoms with Crippen LogP contribution in [0.5, 0.6) is 0 Å². The molecule has 1 N–H and O–H groups in total. The normalized spacial score (nSPS) is 22.8. The molecule has 0 spiro atoms. The van der Waals surface area contributed by atoms with E-state index in [0.717, 1.165) is 0 Å². The van der Waals surface area contributed by atoms with Gasteiger partial charge in [0.05, 0.1) is 12.5 Å². The Labute approximate surface area is 106 Å². The van der Waals surface area contributed by atoms with E-state index in [2.05, 4.69) is 0 Å². The number of nitrogens with zero attached hydrogens (tertiary/aromatic N) is 2. The Bertz CT molecular complexity index is 362. The number of carboxylic acid groups (broad SMARTS) is 1. The molecule has 0 aromatic rings. The van der Waals surface area contributed by atoms with Crippen LogP contribution in [0.3, 0.4) is 0 Å². The summed E-state index contributed by atoms with van der Waals surface area (Å²) in [5.41, 5.74) is 0. The van der Waals surface area contributed by atoms with Crippen LogP contribution < -0.4 is 0 Å². The molecule has 0 bridgehead atoms. The first kappa shape index (κ1) is 14.5. The number of hydrogen-bond donors (Lipinski definition) is 1. The fourth-order valence-electron chi connectivity index (χ4n) is 1.98. The Morgan fingerprint density at radius 2 is 2.06 bits per heavy atom. The third kappa shape index (κ3) is 3.44. The summed E-state index contributed by atoms with van der Waals surface area (Å²) in [6.45, 7) is 4.07. The van der Waals surface area contributed by atoms with E-state index in [4.69, 9.17) is 15.1 Å². The van der Waals surface area contributed by atoms with Crippen LogP contribution in [0.1, 0.15) is 33.1 Å². The van der Waals surface area contributed by atoms with Crippen molar-refractivity contribution in [3.8, 4) is 6.07 Å². The zero-order valence-corrected chi connectivity index (χ0v) is 10.6. The van der Waals surface area contributed by atoms with E-state index in [1.54, 1.807) is 4.90 Å². The van der Waals surface area contributed by atoms with E-state index >= 15 is 0 Å². The molecule has 0 radical (unpaired) electrons. The number of rotatable bonds is 5. The van der Waals surface area contributed by atoms with Crippen LogP contribution in [-0.2, 0) is 14.3 Å². The molecule has 1 heterocycles. The van der Waals surface area contributed by atoms with Crippen LogP contribution in [0.4, 0.5) is 0 Å². The lowest BCUT2D eigenvalue weighted by molar-refractivity contribution is -0.155. The van der Waals surface area contributed by atoms with Crippen molar-refractivity contribution in [2.45, 2.75) is 51.4 Å². The maximum Gasteiger partial charge on any atom is 0.332 e. The highest BCUT2D eigenvalue weighted by atomic mass is 16.5. The number of nitriles is 1. The fraction of sp³-hybridized carbons (Fsp3) is 0.750. The molecule has 1 aliphatic heterocycles. The van der Waals surface area contributed by atoms with Gasteiger partial charge in [0.2, 0.25) is 0 Å². The van der Waals surface area contributed by atoms with Crippen molar-refractivity contribution in [1.82, 2.24) is 4.90 Å². The fourth-order valence-corrected chi connectivity index (χ4v) is 1.98. The van der Waals surface area contributed by atoms with Gasteiger partial charge in [0.1, 0.15) is 6.10 Å². The summed E-state index contributed by atoms with van der Waals surface area (Å²) in [5, 5.41) is 17.4. The lowest BCUT2D eigenvalue weighted by atomic mass is 10.1. The second-order valence-corrected chi connectivity index (χ2v) is 4.56. The van der Waals surface area contributed by atoms with Crippen LogP contribution >= 0.6 is 0 Å². The topological polar surface area (TPSA) is 90.6 Å². The van der Waals surface area contributed by atoms with Gasteiger partial charge >= 0.3 is 5.97 Å². The van der Waals surface area contributed by atoms with E-state index in [1.165, 1.54) is 0 Å². The summed E-state index contributed by atoms with van der Waals surface area (Å²) in [7, 11) is 0. The first-order valence-electron chi connectivity index (χ1n) is 6.03. The van der Waals surface area contributed by atoms with Gasteiger partial charge in [0, 0.05) is 12.6 Å². The number of carboxylic acids is 1. The Hall–Kier alpha value is -1.61. The van der Waals surface area contributed by atoms with Crippen LogP contribution in [0.2, 0.25) is 0 Å². The lowest BCUT2D eigenvalue weighted by Crippen LogP contribution is -2.44. The Balaban J connectivity index is 2.62. The molecule has 1 aliphatic rings. The summed E-state index contributed by atoms with van der Waals surface area (Å²) in [5.74, 6) is -1.25. The van der Waals surface area contributed by atoms with Gasteiger partial charge in [0.25, 0.3) is 5.91 Å². The quantitative estimate of drug-likeness (QED) is 0.782. The van der Waals surface area contributed by atoms with Gasteiger partial charge in [-0.3, -0.25) is 4.79 Å². The van der Waals surface area contributed by atoms with Crippen LogP contribution in [-0.4, -0.2) is 46.7 Å². The molecule has 100 valence electrons. The molecule has 2 atom stereocenters. The summed E-state index contributed by atoms with van der Waals surface area (Å²) in [6, 6.07) is 1.97. The average Bonchev–Trinajstić information content (AvgIpc) is 2.78. The first-order valence-corrected chi connectivity index (χ1v) is 6.03. The Morgan fingerprint density at radius 3 is 2.50 bits per heavy atom. The highest BCUT2D eigenvalue weighted by Crippen LogP contribution is 2.22. The molecule has 0 aromatic heterocycles. The Morgan fingerprint density at radius 1 is 1.44 bits per heavy atom. The molecular weight excluding hydrogens is 236 g/mol. The molecule has 6 nitrogen and oxygen atoms in total. The van der Waals surface area contributed by atoms with Gasteiger partial charge in [-0.25, -0.2) is 4.79 Å². The standard InChI is InChI=1S/C12H18N2O4/c1-8(2)14(7-3-6-13)11(15)9-4-5-10(18-9)12(16)17/h8-10H,3-5,7H2,1-2H3,(H,16,17). The number of hydrogen-bond acceptors (Lipinski definition) is 4. The summed E-state index contributed by atoms with van der Waals surface area (Å²) in [4.78, 5) is 24.5. The summed E-state index contributed by atoms with van der Waals surface area (Å²) >= 11 is 0. The molecule has 0 saturated carbocycles. The van der Waals surface area contributed by atoms with Gasteiger partial charge in [-0.05, 0) is 26.7 Å². The maximum atomic E-state index is 12.2. The number of ether oxygens (including phenoxy) is 1. The van der Waals surface area contributed by atoms with Crippen LogP contribution in [0, 0.1) is 11.3 Å². The Kier molecular flexibility index (Phi) is 5.10. The minimum atomic E-state index is -1.03. The van der Waals surface area contributed by atoms with Gasteiger partial charge in [-0.1, -0.05) is 0 Å². The number of aliphatic carboxylic acids is 1. The van der Waals surface area contributed by atoms with Gasteiger partial charge < -0.3 is 14.7 Å². The third-order valence-corrected chi connectivity index (χ3v) is 2.94. The van der Waals surface area contributed by atoms with Crippen molar-refractivity contribution in [3.05, 3.63) is 0 Å². The molecule has 1 saturated heterocycles. The van der Waals surface area contributed by atoms with Crippen molar-refractivity contribution in [2.24, 2.45) is 0 Å². The highest BCUT2D eigenvalue weighted by Gasteiger charge is 2.37. The van der Waals surface area contributed by atoms with Gasteiger partial charge in [0.15, 0.2) is 6.10 Å². The molecule has 1 rings (SSSR count). The van der Waals surface area contributed by atoms with Crippen molar-refractivity contribution in [3.63, 3.8) is 0 Å². The van der Waals surface area contributed by atoms with Gasteiger partial charge in [-0.2, -0.15) is 5.26 Å². The molecule has 6 heteroatoms. The molecule has 1 fully saturated rings. The molecule has 2 unspecified atom stereocenters. The molecule has 0 aliphatic carbocycles. The van der Waals surface area contributed by atoms with Crippen molar-refractivity contribution < 1.29 is 19.4 Å². The third-order valence-electron chi connectivity index (χ3n) is 2.94. The highest BCUT2D eigenvalue weighted by molar-refractivity contribution is 5.83. The zero-order valence-electron chi connectivity index (χ0n) is 10.6. The smallest absolute Gasteiger partial charge is 0.332 e. The minimum Gasteiger partial charge on any atom is -0.479 e. The summed E-state index contributed by atoms with van der Waals surface area (Å²) in [6.07, 6.45) is -0.531. The van der Waals surface area contributed by atoms with Crippen molar-refractivity contribution in [1.29, 1.82) is 5.26 Å². The van der Waals surface area contributed by atoms with Gasteiger partial charge in [-0.15, -0.1) is 0 Å². The SMILES string of the molecule is CC(C)N(CCC#N)C(=O)C1CCC(C(=O)O)O1. The second-order valence-electron chi connectivity index (χ2n) is 4.56. The van der Waals surface area contributed by atoms with E-state index < -0.39 is 18.2 Å². The largest absolute Gasteiger partial charge is 0.479 e. The zero-order chi connectivity index (χ0) is 13.7. The first-order chi connectivity index (χ1) is 8.47. The number of carbonyl (C=O) groups excluding carboxylic acids is 1. The number of carbonyl (C=O) groups is 2. The van der Waals surface area contributed by atoms with Crippen molar-refractivity contribution in [2.75, 3.05) is 6.54 Å². The minimum absolute atomic E-state index is 0.0293.